The molecule has 8 heteroatoms. The van der Waals surface area contributed by atoms with Gasteiger partial charge in [0.25, 0.3) is 10.0 Å². The summed E-state index contributed by atoms with van der Waals surface area (Å²) in [4.78, 5) is -0.0334. The van der Waals surface area contributed by atoms with Crippen LogP contribution in [0.2, 0.25) is 0 Å². The third kappa shape index (κ3) is 4.17. The molecule has 1 N–H and O–H groups in total. The Kier molecular flexibility index (Phi) is 5.48. The molecule has 0 saturated carbocycles. The number of ether oxygens (including phenoxy) is 1. The second-order valence-electron chi connectivity index (χ2n) is 6.25. The van der Waals surface area contributed by atoms with E-state index in [0.717, 1.165) is 22.7 Å². The minimum atomic E-state index is -3.85. The van der Waals surface area contributed by atoms with Gasteiger partial charge in [0, 0.05) is 10.9 Å². The summed E-state index contributed by atoms with van der Waals surface area (Å²) in [7, 11) is -3.85. The van der Waals surface area contributed by atoms with Gasteiger partial charge in [-0.15, -0.1) is 0 Å². The average Bonchev–Trinajstić information content (AvgIpc) is 3.27. The molecule has 0 unspecified atom stereocenters. The molecule has 4 rings (SSSR count). The molecule has 0 atom stereocenters. The molecule has 0 aliphatic carbocycles. The van der Waals surface area contributed by atoms with Gasteiger partial charge < -0.3 is 4.74 Å². The first-order valence-electron chi connectivity index (χ1n) is 8.85. The maximum atomic E-state index is 12.6. The highest BCUT2D eigenvalue weighted by molar-refractivity contribution is 7.92. The van der Waals surface area contributed by atoms with Gasteiger partial charge in [-0.1, -0.05) is 48.5 Å². The summed E-state index contributed by atoms with van der Waals surface area (Å²) in [6.45, 7) is 0. The van der Waals surface area contributed by atoms with Crippen LogP contribution in [0.5, 0.6) is 11.5 Å². The lowest BCUT2D eigenvalue weighted by Gasteiger charge is -2.13. The summed E-state index contributed by atoms with van der Waals surface area (Å²) in [5, 5.41) is 11.2. The number of nitrogens with zero attached hydrogens (tertiary/aromatic N) is 2. The SMILES string of the molecule is N#Cc1cc(S(=O)(=O)Nc2cnsc2)ccc1Oc1ccccc1-c1ccccc1. The van der Waals surface area contributed by atoms with Crippen molar-refractivity contribution in [3.05, 3.63) is 89.9 Å². The monoisotopic (exact) mass is 433 g/mol. The van der Waals surface area contributed by atoms with E-state index in [-0.39, 0.29) is 16.2 Å². The Balaban J connectivity index is 1.67. The van der Waals surface area contributed by atoms with Gasteiger partial charge in [0.05, 0.1) is 22.3 Å². The van der Waals surface area contributed by atoms with Crippen molar-refractivity contribution in [2.75, 3.05) is 4.72 Å². The Hall–Kier alpha value is -3.67. The van der Waals surface area contributed by atoms with E-state index in [1.807, 2.05) is 54.6 Å². The molecule has 0 aliphatic rings. The van der Waals surface area contributed by atoms with Crippen LogP contribution in [0.3, 0.4) is 0 Å². The fourth-order valence-electron chi connectivity index (χ4n) is 2.85. The van der Waals surface area contributed by atoms with Crippen LogP contribution >= 0.6 is 11.5 Å². The highest BCUT2D eigenvalue weighted by atomic mass is 32.2. The third-order valence-corrected chi connectivity index (χ3v) is 6.22. The Bertz CT molecular complexity index is 1310. The van der Waals surface area contributed by atoms with Gasteiger partial charge in [-0.05, 0) is 41.4 Å². The number of para-hydroxylation sites is 1. The van der Waals surface area contributed by atoms with Crippen molar-refractivity contribution in [1.29, 1.82) is 5.26 Å². The number of sulfonamides is 1. The Labute approximate surface area is 178 Å². The lowest BCUT2D eigenvalue weighted by Crippen LogP contribution is -2.12. The van der Waals surface area contributed by atoms with Gasteiger partial charge in [-0.25, -0.2) is 8.42 Å². The first-order chi connectivity index (χ1) is 14.6. The summed E-state index contributed by atoms with van der Waals surface area (Å²) >= 11 is 1.14. The minimum Gasteiger partial charge on any atom is -0.455 e. The van der Waals surface area contributed by atoms with Gasteiger partial charge in [-0.3, -0.25) is 4.72 Å². The molecule has 0 amide bonds. The quantitative estimate of drug-likeness (QED) is 0.447. The molecule has 6 nitrogen and oxygen atoms in total. The third-order valence-electron chi connectivity index (χ3n) is 4.26. The maximum absolute atomic E-state index is 12.6. The smallest absolute Gasteiger partial charge is 0.262 e. The van der Waals surface area contributed by atoms with Crippen LogP contribution in [0.15, 0.2) is 89.3 Å². The molecule has 0 fully saturated rings. The van der Waals surface area contributed by atoms with Crippen LogP contribution < -0.4 is 9.46 Å². The zero-order chi connectivity index (χ0) is 21.0. The van der Waals surface area contributed by atoms with Crippen LogP contribution in [0.25, 0.3) is 11.1 Å². The average molecular weight is 434 g/mol. The lowest BCUT2D eigenvalue weighted by molar-refractivity contribution is 0.482. The number of rotatable bonds is 6. The second kappa shape index (κ2) is 8.37. The van der Waals surface area contributed by atoms with E-state index in [4.69, 9.17) is 4.74 Å². The molecule has 0 bridgehead atoms. The number of nitrogens with one attached hydrogen (secondary N) is 1. The van der Waals surface area contributed by atoms with E-state index in [1.54, 1.807) is 11.4 Å². The molecule has 0 spiro atoms. The summed E-state index contributed by atoms with van der Waals surface area (Å²) in [6, 6.07) is 23.4. The minimum absolute atomic E-state index is 0.0334. The van der Waals surface area contributed by atoms with E-state index < -0.39 is 10.0 Å². The molecule has 3 aromatic carbocycles. The van der Waals surface area contributed by atoms with Crippen LogP contribution in [0, 0.1) is 11.3 Å². The number of hydrogen-bond acceptors (Lipinski definition) is 6. The molecule has 0 radical (unpaired) electrons. The van der Waals surface area contributed by atoms with Crippen LogP contribution in [0.4, 0.5) is 5.69 Å². The van der Waals surface area contributed by atoms with E-state index >= 15 is 0 Å². The van der Waals surface area contributed by atoms with Crippen molar-refractivity contribution in [2.24, 2.45) is 0 Å². The molecule has 148 valence electrons. The van der Waals surface area contributed by atoms with Crippen LogP contribution in [-0.2, 0) is 10.0 Å². The van der Waals surface area contributed by atoms with E-state index in [0.29, 0.717) is 11.4 Å². The van der Waals surface area contributed by atoms with Gasteiger partial charge in [0.2, 0.25) is 0 Å². The number of hydrogen-bond donors (Lipinski definition) is 1. The maximum Gasteiger partial charge on any atom is 0.262 e. The predicted octanol–water partition coefficient (Wildman–Crippen LogP) is 5.27. The molecule has 0 aliphatic heterocycles. The number of anilines is 1. The van der Waals surface area contributed by atoms with Gasteiger partial charge in [0.1, 0.15) is 17.6 Å². The summed E-state index contributed by atoms with van der Waals surface area (Å²) in [5.74, 6) is 0.843. The van der Waals surface area contributed by atoms with Crippen molar-refractivity contribution in [3.63, 3.8) is 0 Å². The lowest BCUT2D eigenvalue weighted by atomic mass is 10.0. The molecule has 4 aromatic rings. The largest absolute Gasteiger partial charge is 0.455 e. The highest BCUT2D eigenvalue weighted by Gasteiger charge is 2.18. The molecule has 30 heavy (non-hydrogen) atoms. The van der Waals surface area contributed by atoms with E-state index in [1.165, 1.54) is 24.4 Å². The second-order valence-corrected chi connectivity index (χ2v) is 8.59. The zero-order valence-electron chi connectivity index (χ0n) is 15.5. The van der Waals surface area contributed by atoms with Crippen LogP contribution in [0.1, 0.15) is 5.56 Å². The van der Waals surface area contributed by atoms with E-state index in [2.05, 4.69) is 9.10 Å². The Morgan fingerprint density at radius 2 is 1.73 bits per heavy atom. The predicted molar refractivity (Wildman–Crippen MR) is 116 cm³/mol. The summed E-state index contributed by atoms with van der Waals surface area (Å²) in [6.07, 6.45) is 1.42. The first kappa shape index (κ1) is 19.6. The normalized spacial score (nSPS) is 10.9. The fourth-order valence-corrected chi connectivity index (χ4v) is 4.46. The van der Waals surface area contributed by atoms with Gasteiger partial charge in [-0.2, -0.15) is 9.64 Å². The van der Waals surface area contributed by atoms with Crippen molar-refractivity contribution in [3.8, 4) is 28.7 Å². The Morgan fingerprint density at radius 3 is 2.47 bits per heavy atom. The molecular formula is C22H15N3O3S2. The van der Waals surface area contributed by atoms with Crippen molar-refractivity contribution in [2.45, 2.75) is 4.90 Å². The van der Waals surface area contributed by atoms with Crippen molar-refractivity contribution < 1.29 is 13.2 Å². The summed E-state index contributed by atoms with van der Waals surface area (Å²) < 4.78 is 37.5. The number of benzene rings is 3. The standard InChI is InChI=1S/C22H15N3O3S2/c23-13-17-12-19(30(26,27)25-18-14-24-29-15-18)10-11-21(17)28-22-9-5-4-8-20(22)16-6-2-1-3-7-16/h1-12,14-15,25H. The fraction of sp³-hybridized carbons (Fsp3) is 0. The molecular weight excluding hydrogens is 418 g/mol. The molecule has 1 aromatic heterocycles. The van der Waals surface area contributed by atoms with Crippen molar-refractivity contribution >= 4 is 27.2 Å². The number of nitriles is 1. The molecule has 1 heterocycles. The van der Waals surface area contributed by atoms with Gasteiger partial charge >= 0.3 is 0 Å². The topological polar surface area (TPSA) is 92.1 Å². The Morgan fingerprint density at radius 1 is 0.967 bits per heavy atom. The van der Waals surface area contributed by atoms with E-state index in [9.17, 15) is 13.7 Å². The molecule has 0 saturated heterocycles. The first-order valence-corrected chi connectivity index (χ1v) is 11.2. The summed E-state index contributed by atoms with van der Waals surface area (Å²) in [5.41, 5.74) is 2.32. The zero-order valence-corrected chi connectivity index (χ0v) is 17.2. The highest BCUT2D eigenvalue weighted by Crippen LogP contribution is 2.35. The van der Waals surface area contributed by atoms with Crippen LogP contribution in [-0.4, -0.2) is 12.8 Å². The van der Waals surface area contributed by atoms with Gasteiger partial charge in [0.15, 0.2) is 0 Å². The number of aromatic nitrogens is 1. The van der Waals surface area contributed by atoms with Crippen molar-refractivity contribution in [1.82, 2.24) is 4.37 Å².